The van der Waals surface area contributed by atoms with E-state index in [0.29, 0.717) is 25.0 Å². The third-order valence-electron chi connectivity index (χ3n) is 3.49. The molecule has 0 bridgehead atoms. The van der Waals surface area contributed by atoms with E-state index < -0.39 is 11.6 Å². The van der Waals surface area contributed by atoms with Crippen LogP contribution in [0.4, 0.5) is 8.78 Å². The Morgan fingerprint density at radius 2 is 2.06 bits per heavy atom. The molecular formula is C13H19ClF2N2. The lowest BCUT2D eigenvalue weighted by Crippen LogP contribution is -2.27. The number of hydrogen-bond acceptors (Lipinski definition) is 2. The summed E-state index contributed by atoms with van der Waals surface area (Å²) in [5.41, 5.74) is 6.47. The van der Waals surface area contributed by atoms with E-state index in [1.54, 1.807) is 6.07 Å². The van der Waals surface area contributed by atoms with Gasteiger partial charge in [-0.3, -0.25) is 4.90 Å². The van der Waals surface area contributed by atoms with Gasteiger partial charge in [-0.15, -0.1) is 12.4 Å². The molecule has 2 rings (SSSR count). The standard InChI is InChI=1S/C13H18F2N2.ClH/c1-9-4-11(6-16)8-17(9)7-10-2-3-12(14)13(15)5-10;/h2-3,5,9,11H,4,6-8,16H2,1H3;1H. The molecule has 0 aromatic heterocycles. The molecule has 2 atom stereocenters. The molecule has 1 aliphatic heterocycles. The van der Waals surface area contributed by atoms with E-state index in [4.69, 9.17) is 5.73 Å². The summed E-state index contributed by atoms with van der Waals surface area (Å²) >= 11 is 0. The lowest BCUT2D eigenvalue weighted by Gasteiger charge is -2.21. The molecule has 1 aromatic rings. The van der Waals surface area contributed by atoms with Gasteiger partial charge in [-0.1, -0.05) is 6.07 Å². The van der Waals surface area contributed by atoms with Gasteiger partial charge in [0.15, 0.2) is 11.6 Å². The number of halogens is 3. The van der Waals surface area contributed by atoms with Crippen molar-refractivity contribution in [2.45, 2.75) is 25.9 Å². The predicted molar refractivity (Wildman–Crippen MR) is 70.6 cm³/mol. The monoisotopic (exact) mass is 276 g/mol. The fraction of sp³-hybridized carbons (Fsp3) is 0.538. The first-order valence-corrected chi connectivity index (χ1v) is 5.98. The van der Waals surface area contributed by atoms with Crippen molar-refractivity contribution >= 4 is 12.4 Å². The van der Waals surface area contributed by atoms with Gasteiger partial charge in [0, 0.05) is 19.1 Å². The second kappa shape index (κ2) is 6.45. The molecule has 102 valence electrons. The Morgan fingerprint density at radius 3 is 2.61 bits per heavy atom. The van der Waals surface area contributed by atoms with E-state index in [9.17, 15) is 8.78 Å². The Bertz CT molecular complexity index is 401. The SMILES string of the molecule is CC1CC(CN)CN1Cc1ccc(F)c(F)c1.Cl. The molecule has 1 aliphatic rings. The van der Waals surface area contributed by atoms with Crippen molar-refractivity contribution in [2.75, 3.05) is 13.1 Å². The molecule has 0 spiro atoms. The average Bonchev–Trinajstić information content (AvgIpc) is 2.65. The van der Waals surface area contributed by atoms with Crippen LogP contribution in [0.3, 0.4) is 0 Å². The number of nitrogens with zero attached hydrogens (tertiary/aromatic N) is 1. The second-order valence-electron chi connectivity index (χ2n) is 4.86. The highest BCUT2D eigenvalue weighted by atomic mass is 35.5. The van der Waals surface area contributed by atoms with Crippen molar-refractivity contribution in [2.24, 2.45) is 11.7 Å². The van der Waals surface area contributed by atoms with Gasteiger partial charge in [-0.05, 0) is 43.5 Å². The van der Waals surface area contributed by atoms with E-state index in [1.165, 1.54) is 12.1 Å². The third kappa shape index (κ3) is 3.40. The first-order chi connectivity index (χ1) is 8.10. The van der Waals surface area contributed by atoms with Gasteiger partial charge in [0.05, 0.1) is 0 Å². The van der Waals surface area contributed by atoms with Crippen LogP contribution in [0.25, 0.3) is 0 Å². The fourth-order valence-electron chi connectivity index (χ4n) is 2.48. The van der Waals surface area contributed by atoms with Crippen LogP contribution in [0.1, 0.15) is 18.9 Å². The van der Waals surface area contributed by atoms with Crippen molar-refractivity contribution < 1.29 is 8.78 Å². The molecule has 0 radical (unpaired) electrons. The van der Waals surface area contributed by atoms with Gasteiger partial charge in [-0.2, -0.15) is 0 Å². The third-order valence-corrected chi connectivity index (χ3v) is 3.49. The fourth-order valence-corrected chi connectivity index (χ4v) is 2.48. The highest BCUT2D eigenvalue weighted by Crippen LogP contribution is 2.24. The number of nitrogens with two attached hydrogens (primary N) is 1. The van der Waals surface area contributed by atoms with Crippen LogP contribution in [0.2, 0.25) is 0 Å². The minimum Gasteiger partial charge on any atom is -0.330 e. The van der Waals surface area contributed by atoms with E-state index in [1.807, 2.05) is 0 Å². The van der Waals surface area contributed by atoms with Gasteiger partial charge in [0.2, 0.25) is 0 Å². The van der Waals surface area contributed by atoms with Crippen molar-refractivity contribution in [3.05, 3.63) is 35.4 Å². The molecule has 0 aliphatic carbocycles. The molecule has 2 nitrogen and oxygen atoms in total. The molecule has 1 fully saturated rings. The van der Waals surface area contributed by atoms with Gasteiger partial charge in [0.1, 0.15) is 0 Å². The maximum Gasteiger partial charge on any atom is 0.159 e. The van der Waals surface area contributed by atoms with Crippen LogP contribution in [0.15, 0.2) is 18.2 Å². The van der Waals surface area contributed by atoms with Crippen LogP contribution in [0, 0.1) is 17.6 Å². The summed E-state index contributed by atoms with van der Waals surface area (Å²) in [5.74, 6) is -1.04. The van der Waals surface area contributed by atoms with Crippen molar-refractivity contribution in [3.63, 3.8) is 0 Å². The molecule has 5 heteroatoms. The van der Waals surface area contributed by atoms with Crippen LogP contribution in [0.5, 0.6) is 0 Å². The summed E-state index contributed by atoms with van der Waals surface area (Å²) < 4.78 is 25.9. The summed E-state index contributed by atoms with van der Waals surface area (Å²) in [6, 6.07) is 4.56. The summed E-state index contributed by atoms with van der Waals surface area (Å²) in [6.07, 6.45) is 1.08. The number of benzene rings is 1. The molecule has 2 N–H and O–H groups in total. The lowest BCUT2D eigenvalue weighted by atomic mass is 10.1. The normalized spacial score (nSPS) is 24.0. The van der Waals surface area contributed by atoms with Crippen LogP contribution < -0.4 is 5.73 Å². The Kier molecular flexibility index (Phi) is 5.50. The zero-order valence-electron chi connectivity index (χ0n) is 10.4. The highest BCUT2D eigenvalue weighted by Gasteiger charge is 2.27. The molecule has 1 heterocycles. The van der Waals surface area contributed by atoms with Crippen molar-refractivity contribution in [1.29, 1.82) is 0 Å². The largest absolute Gasteiger partial charge is 0.330 e. The average molecular weight is 277 g/mol. The van der Waals surface area contributed by atoms with Gasteiger partial charge < -0.3 is 5.73 Å². The zero-order chi connectivity index (χ0) is 12.4. The molecule has 18 heavy (non-hydrogen) atoms. The minimum absolute atomic E-state index is 0. The van der Waals surface area contributed by atoms with Crippen LogP contribution >= 0.6 is 12.4 Å². The molecule has 2 unspecified atom stereocenters. The first kappa shape index (κ1) is 15.3. The van der Waals surface area contributed by atoms with E-state index >= 15 is 0 Å². The quantitative estimate of drug-likeness (QED) is 0.919. The number of hydrogen-bond donors (Lipinski definition) is 1. The van der Waals surface area contributed by atoms with Crippen molar-refractivity contribution in [1.82, 2.24) is 4.90 Å². The molecular weight excluding hydrogens is 258 g/mol. The topological polar surface area (TPSA) is 29.3 Å². The number of likely N-dealkylation sites (tertiary alicyclic amines) is 1. The van der Waals surface area contributed by atoms with Crippen LogP contribution in [-0.2, 0) is 6.54 Å². The first-order valence-electron chi connectivity index (χ1n) is 5.98. The van der Waals surface area contributed by atoms with E-state index in [0.717, 1.165) is 18.5 Å². The molecule has 0 saturated carbocycles. The van der Waals surface area contributed by atoms with E-state index in [-0.39, 0.29) is 12.4 Å². The maximum atomic E-state index is 13.1. The zero-order valence-corrected chi connectivity index (χ0v) is 11.2. The lowest BCUT2D eigenvalue weighted by molar-refractivity contribution is 0.255. The summed E-state index contributed by atoms with van der Waals surface area (Å²) in [4.78, 5) is 2.27. The summed E-state index contributed by atoms with van der Waals surface area (Å²) in [6.45, 7) is 4.44. The Balaban J connectivity index is 0.00000162. The maximum absolute atomic E-state index is 13.1. The molecule has 0 amide bonds. The Labute approximate surface area is 113 Å². The highest BCUT2D eigenvalue weighted by molar-refractivity contribution is 5.85. The predicted octanol–water partition coefficient (Wildman–Crippen LogP) is 2.56. The van der Waals surface area contributed by atoms with Gasteiger partial charge in [-0.25, -0.2) is 8.78 Å². The second-order valence-corrected chi connectivity index (χ2v) is 4.86. The molecule has 1 aromatic carbocycles. The van der Waals surface area contributed by atoms with Crippen molar-refractivity contribution in [3.8, 4) is 0 Å². The van der Waals surface area contributed by atoms with E-state index in [2.05, 4.69) is 11.8 Å². The van der Waals surface area contributed by atoms with Gasteiger partial charge in [0.25, 0.3) is 0 Å². The Hall–Kier alpha value is -0.710. The molecule has 1 saturated heterocycles. The minimum atomic E-state index is -0.789. The number of rotatable bonds is 3. The van der Waals surface area contributed by atoms with Crippen LogP contribution in [-0.4, -0.2) is 24.0 Å². The summed E-state index contributed by atoms with van der Waals surface area (Å²) in [7, 11) is 0. The summed E-state index contributed by atoms with van der Waals surface area (Å²) in [5, 5.41) is 0. The van der Waals surface area contributed by atoms with Gasteiger partial charge >= 0.3 is 0 Å². The Morgan fingerprint density at radius 1 is 1.33 bits per heavy atom. The smallest absolute Gasteiger partial charge is 0.159 e.